The van der Waals surface area contributed by atoms with Gasteiger partial charge in [0.2, 0.25) is 0 Å². The van der Waals surface area contributed by atoms with Crippen LogP contribution in [0.15, 0.2) is 4.21 Å². The molecule has 4 unspecified atom stereocenters. The molecule has 0 spiro atoms. The maximum atomic E-state index is 12.4. The van der Waals surface area contributed by atoms with Gasteiger partial charge in [0.15, 0.2) is 9.34 Å². The molecule has 0 aromatic carbocycles. The summed E-state index contributed by atoms with van der Waals surface area (Å²) in [5, 5.41) is 0.301. The van der Waals surface area contributed by atoms with E-state index >= 15 is 0 Å². The zero-order valence-corrected chi connectivity index (χ0v) is 13.4. The van der Waals surface area contributed by atoms with Crippen molar-refractivity contribution < 1.29 is 8.42 Å². The van der Waals surface area contributed by atoms with Gasteiger partial charge >= 0.3 is 0 Å². The number of fused-ring (bicyclic) bond motifs is 2. The summed E-state index contributed by atoms with van der Waals surface area (Å²) in [5.41, 5.74) is 6.08. The Labute approximate surface area is 124 Å². The van der Waals surface area contributed by atoms with Crippen molar-refractivity contribution in [3.63, 3.8) is 0 Å². The second-order valence-electron chi connectivity index (χ2n) is 6.17. The van der Waals surface area contributed by atoms with Gasteiger partial charge < -0.3 is 5.73 Å². The lowest BCUT2D eigenvalue weighted by atomic mass is 9.84. The van der Waals surface area contributed by atoms with Crippen LogP contribution in [-0.4, -0.2) is 19.4 Å². The molecule has 2 fully saturated rings. The highest BCUT2D eigenvalue weighted by atomic mass is 32.2. The first-order valence-electron chi connectivity index (χ1n) is 7.12. The predicted octanol–water partition coefficient (Wildman–Crippen LogP) is 2.14. The van der Waals surface area contributed by atoms with Crippen molar-refractivity contribution in [1.29, 1.82) is 0 Å². The van der Waals surface area contributed by atoms with Crippen molar-refractivity contribution in [2.24, 2.45) is 17.8 Å². The molecule has 1 heterocycles. The lowest BCUT2D eigenvalue weighted by Crippen LogP contribution is -2.40. The first kappa shape index (κ1) is 14.3. The molecule has 1 aromatic rings. The van der Waals surface area contributed by atoms with Gasteiger partial charge in [-0.1, -0.05) is 17.8 Å². The number of hydrogen-bond donors (Lipinski definition) is 2. The number of nitrogens with one attached hydrogen (secondary N) is 1. The standard InChI is InChI=1S/C13H21N3O2S2/c1-7(11-6-9-3-4-10(11)5-9)16-20(17,18)12-8(2)15-13(14)19-12/h7,9-11,16H,3-6H2,1-2H3,(H2,14,15). The van der Waals surface area contributed by atoms with Gasteiger partial charge in [-0.05, 0) is 50.9 Å². The Morgan fingerprint density at radius 2 is 2.15 bits per heavy atom. The second kappa shape index (κ2) is 4.96. The zero-order chi connectivity index (χ0) is 14.5. The normalized spacial score (nSPS) is 30.8. The minimum atomic E-state index is -3.50. The number of thiazole rings is 1. The minimum absolute atomic E-state index is 0.0157. The van der Waals surface area contributed by atoms with Crippen LogP contribution in [0, 0.1) is 24.7 Å². The highest BCUT2D eigenvalue weighted by Crippen LogP contribution is 2.49. The molecule has 0 aliphatic heterocycles. The summed E-state index contributed by atoms with van der Waals surface area (Å²) in [5.74, 6) is 2.00. The predicted molar refractivity (Wildman–Crippen MR) is 80.0 cm³/mol. The van der Waals surface area contributed by atoms with Crippen molar-refractivity contribution in [2.45, 2.75) is 49.8 Å². The van der Waals surface area contributed by atoms with Crippen LogP contribution in [0.5, 0.6) is 0 Å². The van der Waals surface area contributed by atoms with Crippen LogP contribution in [0.3, 0.4) is 0 Å². The molecule has 0 amide bonds. The molecule has 0 radical (unpaired) electrons. The van der Waals surface area contributed by atoms with Gasteiger partial charge in [0, 0.05) is 6.04 Å². The highest BCUT2D eigenvalue weighted by Gasteiger charge is 2.42. The fourth-order valence-corrected chi connectivity index (χ4v) is 6.55. The van der Waals surface area contributed by atoms with Crippen LogP contribution in [-0.2, 0) is 10.0 Å². The molecule has 112 valence electrons. The van der Waals surface area contributed by atoms with Crippen LogP contribution < -0.4 is 10.5 Å². The van der Waals surface area contributed by atoms with Gasteiger partial charge in [0.25, 0.3) is 10.0 Å². The van der Waals surface area contributed by atoms with E-state index in [1.165, 1.54) is 19.3 Å². The quantitative estimate of drug-likeness (QED) is 0.891. The number of nitrogen functional groups attached to an aromatic ring is 1. The van der Waals surface area contributed by atoms with E-state index in [2.05, 4.69) is 9.71 Å². The molecule has 2 aliphatic rings. The molecule has 0 saturated heterocycles. The molecule has 4 atom stereocenters. The maximum absolute atomic E-state index is 12.4. The molecule has 3 rings (SSSR count). The van der Waals surface area contributed by atoms with Crippen LogP contribution in [0.25, 0.3) is 0 Å². The fraction of sp³-hybridized carbons (Fsp3) is 0.769. The van der Waals surface area contributed by atoms with E-state index in [1.54, 1.807) is 6.92 Å². The lowest BCUT2D eigenvalue weighted by Gasteiger charge is -2.28. The van der Waals surface area contributed by atoms with Gasteiger partial charge in [-0.25, -0.2) is 18.1 Å². The van der Waals surface area contributed by atoms with Crippen molar-refractivity contribution in [3.05, 3.63) is 5.69 Å². The van der Waals surface area contributed by atoms with E-state index in [4.69, 9.17) is 5.73 Å². The number of anilines is 1. The molecule has 1 aromatic heterocycles. The van der Waals surface area contributed by atoms with Crippen molar-refractivity contribution in [3.8, 4) is 0 Å². The third-order valence-electron chi connectivity index (χ3n) is 4.79. The molecule has 20 heavy (non-hydrogen) atoms. The van der Waals surface area contributed by atoms with Crippen LogP contribution >= 0.6 is 11.3 Å². The summed E-state index contributed by atoms with van der Waals surface area (Å²) in [4.78, 5) is 4.00. The SMILES string of the molecule is Cc1nc(N)sc1S(=O)(=O)NC(C)C1CC2CCC1C2. The number of aromatic nitrogens is 1. The third kappa shape index (κ3) is 2.46. The van der Waals surface area contributed by atoms with E-state index in [1.807, 2.05) is 6.92 Å². The average Bonchev–Trinajstić information content (AvgIpc) is 3.03. The van der Waals surface area contributed by atoms with Crippen LogP contribution in [0.2, 0.25) is 0 Å². The number of nitrogens with zero attached hydrogens (tertiary/aromatic N) is 1. The largest absolute Gasteiger partial charge is 0.375 e. The highest BCUT2D eigenvalue weighted by molar-refractivity contribution is 7.91. The molecule has 2 saturated carbocycles. The molecule has 3 N–H and O–H groups in total. The van der Waals surface area contributed by atoms with E-state index in [0.29, 0.717) is 22.7 Å². The Bertz CT molecular complexity index is 611. The number of aryl methyl sites for hydroxylation is 1. The number of hydrogen-bond acceptors (Lipinski definition) is 5. The first-order valence-corrected chi connectivity index (χ1v) is 9.42. The van der Waals surface area contributed by atoms with E-state index < -0.39 is 10.0 Å². The Balaban J connectivity index is 1.75. The zero-order valence-electron chi connectivity index (χ0n) is 11.8. The summed E-state index contributed by atoms with van der Waals surface area (Å²) in [6.45, 7) is 3.67. The fourth-order valence-electron chi connectivity index (χ4n) is 3.94. The summed E-state index contributed by atoms with van der Waals surface area (Å²) in [6.07, 6.45) is 5.03. The number of sulfonamides is 1. The summed E-state index contributed by atoms with van der Waals surface area (Å²) in [7, 11) is -3.50. The second-order valence-corrected chi connectivity index (χ2v) is 9.11. The molecule has 2 bridgehead atoms. The van der Waals surface area contributed by atoms with Crippen molar-refractivity contribution >= 4 is 26.5 Å². The smallest absolute Gasteiger partial charge is 0.252 e. The van der Waals surface area contributed by atoms with Gasteiger partial charge in [-0.15, -0.1) is 0 Å². The van der Waals surface area contributed by atoms with Crippen molar-refractivity contribution in [2.75, 3.05) is 5.73 Å². The minimum Gasteiger partial charge on any atom is -0.375 e. The molecule has 5 nitrogen and oxygen atoms in total. The maximum Gasteiger partial charge on any atom is 0.252 e. The van der Waals surface area contributed by atoms with Crippen molar-refractivity contribution in [1.82, 2.24) is 9.71 Å². The van der Waals surface area contributed by atoms with Gasteiger partial charge in [0.05, 0.1) is 5.69 Å². The Kier molecular flexibility index (Phi) is 3.54. The lowest BCUT2D eigenvalue weighted by molar-refractivity contribution is 0.280. The molecular formula is C13H21N3O2S2. The monoisotopic (exact) mass is 315 g/mol. The van der Waals surface area contributed by atoms with E-state index in [-0.39, 0.29) is 10.3 Å². The first-order chi connectivity index (χ1) is 9.37. The Morgan fingerprint density at radius 3 is 2.65 bits per heavy atom. The van der Waals surface area contributed by atoms with Crippen LogP contribution in [0.1, 0.15) is 38.3 Å². The topological polar surface area (TPSA) is 85.1 Å². The van der Waals surface area contributed by atoms with Gasteiger partial charge in [-0.3, -0.25) is 0 Å². The molecule has 2 aliphatic carbocycles. The van der Waals surface area contributed by atoms with Gasteiger partial charge in [0.1, 0.15) is 0 Å². The number of nitrogens with two attached hydrogens (primary N) is 1. The van der Waals surface area contributed by atoms with Gasteiger partial charge in [-0.2, -0.15) is 0 Å². The Morgan fingerprint density at radius 1 is 1.40 bits per heavy atom. The number of rotatable bonds is 4. The molecular weight excluding hydrogens is 294 g/mol. The summed E-state index contributed by atoms with van der Waals surface area (Å²) < 4.78 is 28.0. The average molecular weight is 315 g/mol. The molecule has 7 heteroatoms. The van der Waals surface area contributed by atoms with E-state index in [0.717, 1.165) is 23.7 Å². The summed E-state index contributed by atoms with van der Waals surface area (Å²) in [6, 6.07) is -0.0157. The van der Waals surface area contributed by atoms with Crippen LogP contribution in [0.4, 0.5) is 5.13 Å². The summed E-state index contributed by atoms with van der Waals surface area (Å²) >= 11 is 1.04. The van der Waals surface area contributed by atoms with E-state index in [9.17, 15) is 8.42 Å². The third-order valence-corrected chi connectivity index (χ3v) is 7.95. The Hall–Kier alpha value is -0.660.